The Hall–Kier alpha value is -2.26. The van der Waals surface area contributed by atoms with Gasteiger partial charge in [0.15, 0.2) is 16.8 Å². The summed E-state index contributed by atoms with van der Waals surface area (Å²) in [6.45, 7) is -0.109. The fourth-order valence-corrected chi connectivity index (χ4v) is 2.98. The fraction of sp³-hybridized carbons (Fsp3) is 0.333. The predicted octanol–water partition coefficient (Wildman–Crippen LogP) is 3.12. The van der Waals surface area contributed by atoms with Gasteiger partial charge in [-0.25, -0.2) is 24.1 Å². The summed E-state index contributed by atoms with van der Waals surface area (Å²) in [7, 11) is 0. The van der Waals surface area contributed by atoms with Crippen molar-refractivity contribution in [2.24, 2.45) is 0 Å². The van der Waals surface area contributed by atoms with E-state index < -0.39 is 18.2 Å². The molecule has 1 saturated heterocycles. The first-order chi connectivity index (χ1) is 12.3. The molecule has 138 valence electrons. The van der Waals surface area contributed by atoms with Crippen LogP contribution in [0.25, 0.3) is 11.4 Å². The maximum absolute atomic E-state index is 14.2. The molecule has 1 fully saturated rings. The number of pyridine rings is 1. The van der Waals surface area contributed by atoms with Crippen molar-refractivity contribution in [2.75, 3.05) is 31.1 Å². The van der Waals surface area contributed by atoms with E-state index in [0.717, 1.165) is 11.0 Å². The van der Waals surface area contributed by atoms with Crippen molar-refractivity contribution < 1.29 is 18.7 Å². The second-order valence-corrected chi connectivity index (χ2v) is 6.35. The molecule has 3 rings (SSSR count). The Morgan fingerprint density at radius 1 is 1.27 bits per heavy atom. The average molecular weight is 404 g/mol. The standard InChI is InChI=1S/C15H13Cl2F2N5O2/c16-11-12(17)21-13(8-1-2-20-10(19)5-8)22-14(11)23-3-4-24(15(25)26)7-9(18)6-23/h1-2,5,9H,3-4,6-7H2,(H,25,26). The van der Waals surface area contributed by atoms with Crippen LogP contribution in [-0.2, 0) is 0 Å². The lowest BCUT2D eigenvalue weighted by molar-refractivity contribution is 0.136. The lowest BCUT2D eigenvalue weighted by atomic mass is 10.2. The lowest BCUT2D eigenvalue weighted by Crippen LogP contribution is -2.35. The van der Waals surface area contributed by atoms with Crippen LogP contribution in [0.4, 0.5) is 19.4 Å². The van der Waals surface area contributed by atoms with Gasteiger partial charge in [0.05, 0.1) is 13.1 Å². The normalized spacial score (nSPS) is 17.9. The highest BCUT2D eigenvalue weighted by Gasteiger charge is 2.28. The second-order valence-electron chi connectivity index (χ2n) is 5.61. The highest BCUT2D eigenvalue weighted by Crippen LogP contribution is 2.33. The molecule has 0 saturated carbocycles. The fourth-order valence-electron chi connectivity index (χ4n) is 2.61. The molecule has 1 N–H and O–H groups in total. The average Bonchev–Trinajstić information content (AvgIpc) is 2.79. The molecular formula is C15H13Cl2F2N5O2. The Morgan fingerprint density at radius 3 is 2.73 bits per heavy atom. The number of carbonyl (C=O) groups is 1. The molecule has 1 aliphatic rings. The summed E-state index contributed by atoms with van der Waals surface area (Å²) in [5, 5.41) is 9.03. The smallest absolute Gasteiger partial charge is 0.407 e. The van der Waals surface area contributed by atoms with Gasteiger partial charge in [-0.15, -0.1) is 0 Å². The number of amides is 1. The molecule has 0 aromatic carbocycles. The number of anilines is 1. The summed E-state index contributed by atoms with van der Waals surface area (Å²) in [6, 6.07) is 2.63. The van der Waals surface area contributed by atoms with Crippen molar-refractivity contribution in [2.45, 2.75) is 6.17 Å². The summed E-state index contributed by atoms with van der Waals surface area (Å²) in [4.78, 5) is 25.4. The van der Waals surface area contributed by atoms with Crippen molar-refractivity contribution in [1.82, 2.24) is 19.9 Å². The number of nitrogens with zero attached hydrogens (tertiary/aromatic N) is 5. The van der Waals surface area contributed by atoms with E-state index in [2.05, 4.69) is 15.0 Å². The largest absolute Gasteiger partial charge is 0.465 e. The van der Waals surface area contributed by atoms with Crippen molar-refractivity contribution in [1.29, 1.82) is 0 Å². The number of carboxylic acid groups (broad SMARTS) is 1. The van der Waals surface area contributed by atoms with Crippen LogP contribution < -0.4 is 4.90 Å². The number of halogens is 4. The molecule has 3 heterocycles. The Kier molecular flexibility index (Phi) is 5.38. The zero-order chi connectivity index (χ0) is 18.8. The summed E-state index contributed by atoms with van der Waals surface area (Å²) in [5.74, 6) is -0.450. The topological polar surface area (TPSA) is 82.5 Å². The molecule has 1 aliphatic heterocycles. The van der Waals surface area contributed by atoms with Crippen molar-refractivity contribution in [3.05, 3.63) is 34.5 Å². The second kappa shape index (κ2) is 7.55. The Labute approximate surface area is 157 Å². The minimum atomic E-state index is -1.43. The van der Waals surface area contributed by atoms with E-state index >= 15 is 0 Å². The quantitative estimate of drug-likeness (QED) is 0.612. The Balaban J connectivity index is 1.97. The van der Waals surface area contributed by atoms with Gasteiger partial charge in [-0.3, -0.25) is 0 Å². The molecule has 0 spiro atoms. The van der Waals surface area contributed by atoms with E-state index in [-0.39, 0.29) is 48.0 Å². The summed E-state index contributed by atoms with van der Waals surface area (Å²) >= 11 is 12.2. The molecule has 1 unspecified atom stereocenters. The van der Waals surface area contributed by atoms with Gasteiger partial charge < -0.3 is 14.9 Å². The van der Waals surface area contributed by atoms with Crippen LogP contribution in [0.5, 0.6) is 0 Å². The van der Waals surface area contributed by atoms with Crippen LogP contribution in [0.3, 0.4) is 0 Å². The third-order valence-corrected chi connectivity index (χ3v) is 4.54. The first-order valence-corrected chi connectivity index (χ1v) is 8.32. The molecule has 26 heavy (non-hydrogen) atoms. The maximum atomic E-state index is 14.2. The minimum Gasteiger partial charge on any atom is -0.465 e. The monoisotopic (exact) mass is 403 g/mol. The molecule has 2 aromatic rings. The van der Waals surface area contributed by atoms with Gasteiger partial charge in [-0.05, 0) is 6.07 Å². The van der Waals surface area contributed by atoms with E-state index in [1.807, 2.05) is 0 Å². The van der Waals surface area contributed by atoms with Gasteiger partial charge in [0.25, 0.3) is 0 Å². The molecule has 11 heteroatoms. The van der Waals surface area contributed by atoms with E-state index in [9.17, 15) is 13.6 Å². The predicted molar refractivity (Wildman–Crippen MR) is 91.9 cm³/mol. The first-order valence-electron chi connectivity index (χ1n) is 7.57. The number of aromatic nitrogens is 3. The zero-order valence-corrected chi connectivity index (χ0v) is 14.8. The number of rotatable bonds is 2. The highest BCUT2D eigenvalue weighted by molar-refractivity contribution is 6.42. The molecular weight excluding hydrogens is 391 g/mol. The number of hydrogen-bond acceptors (Lipinski definition) is 5. The molecule has 7 nitrogen and oxygen atoms in total. The SMILES string of the molecule is O=C(O)N1CCN(c2nc(-c3ccnc(F)c3)nc(Cl)c2Cl)CC(F)C1. The van der Waals surface area contributed by atoms with Crippen LogP contribution in [-0.4, -0.2) is 63.4 Å². The summed E-state index contributed by atoms with van der Waals surface area (Å²) < 4.78 is 27.5. The van der Waals surface area contributed by atoms with Gasteiger partial charge in [0.2, 0.25) is 5.95 Å². The van der Waals surface area contributed by atoms with Gasteiger partial charge in [-0.2, -0.15) is 4.39 Å². The Morgan fingerprint density at radius 2 is 2.04 bits per heavy atom. The van der Waals surface area contributed by atoms with E-state index in [4.69, 9.17) is 28.3 Å². The van der Waals surface area contributed by atoms with Gasteiger partial charge in [0.1, 0.15) is 11.2 Å². The minimum absolute atomic E-state index is 0.0147. The molecule has 0 aliphatic carbocycles. The third-order valence-electron chi connectivity index (χ3n) is 3.82. The molecule has 2 aromatic heterocycles. The maximum Gasteiger partial charge on any atom is 0.407 e. The molecule has 0 bridgehead atoms. The molecule has 1 atom stereocenters. The van der Waals surface area contributed by atoms with Crippen LogP contribution in [0.2, 0.25) is 10.2 Å². The van der Waals surface area contributed by atoms with Gasteiger partial charge in [-0.1, -0.05) is 23.2 Å². The number of alkyl halides is 1. The lowest BCUT2D eigenvalue weighted by Gasteiger charge is -2.23. The van der Waals surface area contributed by atoms with Crippen LogP contribution >= 0.6 is 23.2 Å². The molecule has 0 radical (unpaired) electrons. The van der Waals surface area contributed by atoms with Crippen LogP contribution in [0, 0.1) is 5.95 Å². The van der Waals surface area contributed by atoms with Crippen LogP contribution in [0.1, 0.15) is 0 Å². The zero-order valence-electron chi connectivity index (χ0n) is 13.2. The van der Waals surface area contributed by atoms with Crippen molar-refractivity contribution >= 4 is 35.1 Å². The van der Waals surface area contributed by atoms with Crippen LogP contribution in [0.15, 0.2) is 18.3 Å². The van der Waals surface area contributed by atoms with E-state index in [1.165, 1.54) is 17.2 Å². The van der Waals surface area contributed by atoms with Crippen molar-refractivity contribution in [3.8, 4) is 11.4 Å². The van der Waals surface area contributed by atoms with Gasteiger partial charge in [0, 0.05) is 30.9 Å². The summed E-state index contributed by atoms with van der Waals surface area (Å²) in [5.41, 5.74) is 0.330. The Bertz CT molecular complexity index is 842. The molecule has 1 amide bonds. The van der Waals surface area contributed by atoms with Gasteiger partial charge >= 0.3 is 6.09 Å². The number of hydrogen-bond donors (Lipinski definition) is 1. The summed E-state index contributed by atoms with van der Waals surface area (Å²) in [6.07, 6.45) is -1.38. The highest BCUT2D eigenvalue weighted by atomic mass is 35.5. The first kappa shape index (κ1) is 18.5. The third kappa shape index (κ3) is 3.94. The van der Waals surface area contributed by atoms with Crippen molar-refractivity contribution in [3.63, 3.8) is 0 Å². The van der Waals surface area contributed by atoms with E-state index in [1.54, 1.807) is 0 Å². The van der Waals surface area contributed by atoms with E-state index in [0.29, 0.717) is 5.56 Å².